The average Bonchev–Trinajstić information content (AvgIpc) is 2.81. The summed E-state index contributed by atoms with van der Waals surface area (Å²) in [5.74, 6) is -0.901. The second-order valence-electron chi connectivity index (χ2n) is 8.99. The van der Waals surface area contributed by atoms with Gasteiger partial charge in [0.15, 0.2) is 5.78 Å². The molecule has 0 heterocycles. The Morgan fingerprint density at radius 3 is 2.09 bits per heavy atom. The largest absolute Gasteiger partial charge is 0.345 e. The Hall–Kier alpha value is -3.07. The van der Waals surface area contributed by atoms with Gasteiger partial charge in [0.1, 0.15) is 0 Å². The smallest absolute Gasteiger partial charge is 0.238 e. The van der Waals surface area contributed by atoms with E-state index in [1.165, 1.54) is 4.90 Å². The summed E-state index contributed by atoms with van der Waals surface area (Å²) in [5.41, 5.74) is 21.3. The Morgan fingerprint density at radius 1 is 0.914 bits per heavy atom. The van der Waals surface area contributed by atoms with E-state index in [1.807, 2.05) is 56.3 Å². The van der Waals surface area contributed by atoms with Crippen LogP contribution in [0.1, 0.15) is 35.1 Å². The molecule has 2 amide bonds. The number of benzene rings is 2. The fourth-order valence-electron chi connectivity index (χ4n) is 4.13. The highest BCUT2D eigenvalue weighted by Gasteiger charge is 2.26. The SMILES string of the molecule is Cc1cc(C)cc(CC(=O)[C@H](CCc2ccccc2)NC(=O)[C@@H](N)CC(=O)N(CCN)CCN)c1. The third-order valence-corrected chi connectivity index (χ3v) is 5.81. The lowest BCUT2D eigenvalue weighted by Crippen LogP contribution is -2.51. The number of amides is 2. The predicted molar refractivity (Wildman–Crippen MR) is 139 cm³/mol. The number of hydrogen-bond donors (Lipinski definition) is 4. The molecule has 0 spiro atoms. The molecule has 2 aromatic carbocycles. The van der Waals surface area contributed by atoms with Crippen LogP contribution in [-0.2, 0) is 27.2 Å². The van der Waals surface area contributed by atoms with Gasteiger partial charge in [0.25, 0.3) is 0 Å². The molecule has 8 nitrogen and oxygen atoms in total. The lowest BCUT2D eigenvalue weighted by molar-refractivity contribution is -0.134. The van der Waals surface area contributed by atoms with E-state index in [9.17, 15) is 14.4 Å². The minimum atomic E-state index is -1.08. The van der Waals surface area contributed by atoms with Crippen LogP contribution in [-0.4, -0.2) is 60.8 Å². The van der Waals surface area contributed by atoms with Crippen LogP contribution in [0.15, 0.2) is 48.5 Å². The predicted octanol–water partition coefficient (Wildman–Crippen LogP) is 0.996. The highest BCUT2D eigenvalue weighted by atomic mass is 16.2. The van der Waals surface area contributed by atoms with Gasteiger partial charge in [0, 0.05) is 32.6 Å². The van der Waals surface area contributed by atoms with Crippen molar-refractivity contribution in [2.75, 3.05) is 26.2 Å². The highest BCUT2D eigenvalue weighted by Crippen LogP contribution is 2.13. The Bertz CT molecular complexity index is 954. The summed E-state index contributed by atoms with van der Waals surface area (Å²) in [6.45, 7) is 5.26. The number of nitrogens with two attached hydrogens (primary N) is 3. The molecule has 0 saturated heterocycles. The van der Waals surface area contributed by atoms with Crippen molar-refractivity contribution < 1.29 is 14.4 Å². The molecule has 2 rings (SSSR count). The fourth-order valence-corrected chi connectivity index (χ4v) is 4.13. The molecule has 0 aliphatic rings. The molecule has 0 radical (unpaired) electrons. The molecule has 0 aliphatic carbocycles. The van der Waals surface area contributed by atoms with Crippen LogP contribution in [0, 0.1) is 13.8 Å². The summed E-state index contributed by atoms with van der Waals surface area (Å²) < 4.78 is 0. The summed E-state index contributed by atoms with van der Waals surface area (Å²) in [4.78, 5) is 40.2. The summed E-state index contributed by atoms with van der Waals surface area (Å²) in [6, 6.07) is 14.0. The second-order valence-corrected chi connectivity index (χ2v) is 8.99. The molecule has 0 unspecified atom stereocenters. The summed E-state index contributed by atoms with van der Waals surface area (Å²) >= 11 is 0. The maximum atomic E-state index is 13.3. The first-order valence-electron chi connectivity index (χ1n) is 12.1. The van der Waals surface area contributed by atoms with Gasteiger partial charge in [0.05, 0.1) is 18.5 Å². The Morgan fingerprint density at radius 2 is 1.51 bits per heavy atom. The number of nitrogens with zero attached hydrogens (tertiary/aromatic N) is 1. The minimum Gasteiger partial charge on any atom is -0.345 e. The van der Waals surface area contributed by atoms with Crippen molar-refractivity contribution in [3.63, 3.8) is 0 Å². The Labute approximate surface area is 208 Å². The van der Waals surface area contributed by atoms with Gasteiger partial charge in [-0.2, -0.15) is 0 Å². The van der Waals surface area contributed by atoms with Gasteiger partial charge in [-0.05, 0) is 37.8 Å². The zero-order valence-corrected chi connectivity index (χ0v) is 20.8. The van der Waals surface area contributed by atoms with Crippen molar-refractivity contribution >= 4 is 17.6 Å². The maximum absolute atomic E-state index is 13.3. The molecule has 0 aromatic heterocycles. The molecule has 0 bridgehead atoms. The molecule has 7 N–H and O–H groups in total. The first-order valence-corrected chi connectivity index (χ1v) is 12.1. The van der Waals surface area contributed by atoms with E-state index in [0.29, 0.717) is 39.0 Å². The number of ketones is 1. The zero-order chi connectivity index (χ0) is 25.8. The van der Waals surface area contributed by atoms with Crippen molar-refractivity contribution in [1.82, 2.24) is 10.2 Å². The molecule has 0 fully saturated rings. The van der Waals surface area contributed by atoms with Gasteiger partial charge >= 0.3 is 0 Å². The number of Topliss-reactive ketones (excluding diaryl/α,β-unsaturated/α-hetero) is 1. The van der Waals surface area contributed by atoms with Crippen molar-refractivity contribution in [3.05, 3.63) is 70.8 Å². The summed E-state index contributed by atoms with van der Waals surface area (Å²) in [5, 5.41) is 2.81. The van der Waals surface area contributed by atoms with Crippen LogP contribution in [0.25, 0.3) is 0 Å². The van der Waals surface area contributed by atoms with Gasteiger partial charge < -0.3 is 27.4 Å². The first kappa shape index (κ1) is 28.2. The van der Waals surface area contributed by atoms with E-state index in [0.717, 1.165) is 22.3 Å². The quantitative estimate of drug-likeness (QED) is 0.317. The van der Waals surface area contributed by atoms with Crippen LogP contribution in [0.5, 0.6) is 0 Å². The summed E-state index contributed by atoms with van der Waals surface area (Å²) in [6.07, 6.45) is 1.09. The molecule has 0 aliphatic heterocycles. The van der Waals surface area contributed by atoms with Gasteiger partial charge in [-0.3, -0.25) is 14.4 Å². The van der Waals surface area contributed by atoms with E-state index in [1.54, 1.807) is 0 Å². The van der Waals surface area contributed by atoms with Crippen LogP contribution >= 0.6 is 0 Å². The van der Waals surface area contributed by atoms with E-state index in [4.69, 9.17) is 17.2 Å². The molecule has 0 saturated carbocycles. The van der Waals surface area contributed by atoms with Crippen LogP contribution in [0.3, 0.4) is 0 Å². The Balaban J connectivity index is 2.10. The van der Waals surface area contributed by atoms with Gasteiger partial charge in [-0.25, -0.2) is 0 Å². The third kappa shape index (κ3) is 9.60. The van der Waals surface area contributed by atoms with Crippen molar-refractivity contribution in [1.29, 1.82) is 0 Å². The number of nitrogens with one attached hydrogen (secondary N) is 1. The lowest BCUT2D eigenvalue weighted by atomic mass is 9.96. The van der Waals surface area contributed by atoms with E-state index < -0.39 is 18.0 Å². The molecular formula is C27H39N5O3. The van der Waals surface area contributed by atoms with E-state index in [-0.39, 0.29) is 24.5 Å². The average molecular weight is 482 g/mol. The fraction of sp³-hybridized carbons (Fsp3) is 0.444. The number of carbonyl (C=O) groups is 3. The number of rotatable bonds is 14. The molecule has 8 heteroatoms. The van der Waals surface area contributed by atoms with Crippen LogP contribution in [0.2, 0.25) is 0 Å². The monoisotopic (exact) mass is 481 g/mol. The standard InChI is InChI=1S/C27H39N5O3/c1-19-14-20(2)16-22(15-19)17-25(33)24(9-8-21-6-4-3-5-7-21)31-27(35)23(30)18-26(34)32(12-10-28)13-11-29/h3-7,14-16,23-24H,8-13,17-18,28-30H2,1-2H3,(H,31,35)/t23-,24-/m0/s1. The molecule has 2 aromatic rings. The van der Waals surface area contributed by atoms with E-state index in [2.05, 4.69) is 11.4 Å². The number of hydrogen-bond acceptors (Lipinski definition) is 6. The lowest BCUT2D eigenvalue weighted by Gasteiger charge is -2.24. The minimum absolute atomic E-state index is 0.0919. The molecular weight excluding hydrogens is 442 g/mol. The number of carbonyl (C=O) groups excluding carboxylic acids is 3. The molecule has 35 heavy (non-hydrogen) atoms. The summed E-state index contributed by atoms with van der Waals surface area (Å²) in [7, 11) is 0. The van der Waals surface area contributed by atoms with Crippen molar-refractivity contribution in [3.8, 4) is 0 Å². The van der Waals surface area contributed by atoms with Gasteiger partial charge in [-0.1, -0.05) is 59.7 Å². The normalized spacial score (nSPS) is 12.6. The van der Waals surface area contributed by atoms with Crippen LogP contribution in [0.4, 0.5) is 0 Å². The maximum Gasteiger partial charge on any atom is 0.238 e. The first-order chi connectivity index (χ1) is 16.7. The van der Waals surface area contributed by atoms with Gasteiger partial charge in [0.2, 0.25) is 11.8 Å². The highest BCUT2D eigenvalue weighted by molar-refractivity contribution is 5.93. The molecule has 190 valence electrons. The third-order valence-electron chi connectivity index (χ3n) is 5.81. The van der Waals surface area contributed by atoms with E-state index >= 15 is 0 Å². The van der Waals surface area contributed by atoms with Gasteiger partial charge in [-0.15, -0.1) is 0 Å². The number of aryl methyl sites for hydroxylation is 3. The van der Waals surface area contributed by atoms with Crippen LogP contribution < -0.4 is 22.5 Å². The zero-order valence-electron chi connectivity index (χ0n) is 20.8. The van der Waals surface area contributed by atoms with Crippen molar-refractivity contribution in [2.45, 2.75) is 51.6 Å². The Kier molecular flexibility index (Phi) is 11.6. The van der Waals surface area contributed by atoms with Crippen molar-refractivity contribution in [2.24, 2.45) is 17.2 Å². The second kappa shape index (κ2) is 14.4. The topological polar surface area (TPSA) is 145 Å². The molecule has 2 atom stereocenters.